The van der Waals surface area contributed by atoms with Gasteiger partial charge in [-0.15, -0.1) is 0 Å². The van der Waals surface area contributed by atoms with Crippen LogP contribution in [-0.2, 0) is 9.84 Å². The Kier molecular flexibility index (Phi) is 3.50. The largest absolute Gasteiger partial charge is 0.370 e. The molecule has 110 valence electrons. The van der Waals surface area contributed by atoms with Gasteiger partial charge in [-0.25, -0.2) is 8.42 Å². The molecule has 2 fully saturated rings. The Morgan fingerprint density at radius 2 is 1.75 bits per heavy atom. The van der Waals surface area contributed by atoms with Gasteiger partial charge in [-0.3, -0.25) is 0 Å². The molecule has 1 aromatic carbocycles. The van der Waals surface area contributed by atoms with Crippen LogP contribution < -0.4 is 10.2 Å². The standard InChI is InChI=1S/C15H22N2O2S/c1-17(13-9-11-7-8-12(10-13)16-11)14-5-3-4-6-15(14)20(2,18)19/h3-6,11-13,16H,7-10H2,1-2H3. The van der Waals surface area contributed by atoms with Crippen molar-refractivity contribution in [2.24, 2.45) is 0 Å². The summed E-state index contributed by atoms with van der Waals surface area (Å²) in [7, 11) is -1.16. The highest BCUT2D eigenvalue weighted by Crippen LogP contribution is 2.33. The molecule has 0 amide bonds. The summed E-state index contributed by atoms with van der Waals surface area (Å²) in [6.07, 6.45) is 5.99. The van der Waals surface area contributed by atoms with Crippen LogP contribution in [0.4, 0.5) is 5.69 Å². The maximum Gasteiger partial charge on any atom is 0.177 e. The minimum absolute atomic E-state index is 0.427. The number of rotatable bonds is 3. The van der Waals surface area contributed by atoms with E-state index in [-0.39, 0.29) is 0 Å². The van der Waals surface area contributed by atoms with Crippen LogP contribution in [0.2, 0.25) is 0 Å². The lowest BCUT2D eigenvalue weighted by Crippen LogP contribution is -2.47. The first-order valence-corrected chi connectivity index (χ1v) is 9.12. The van der Waals surface area contributed by atoms with E-state index >= 15 is 0 Å². The number of fused-ring (bicyclic) bond motifs is 2. The van der Waals surface area contributed by atoms with Gasteiger partial charge in [0.15, 0.2) is 9.84 Å². The number of para-hydroxylation sites is 1. The summed E-state index contributed by atoms with van der Waals surface area (Å²) in [5.74, 6) is 0. The Morgan fingerprint density at radius 3 is 2.35 bits per heavy atom. The Balaban J connectivity index is 1.89. The summed E-state index contributed by atoms with van der Waals surface area (Å²) in [4.78, 5) is 2.61. The average molecular weight is 294 g/mol. The van der Waals surface area contributed by atoms with Crippen molar-refractivity contribution in [1.29, 1.82) is 0 Å². The number of anilines is 1. The number of sulfone groups is 1. The normalized spacial score (nSPS) is 29.4. The smallest absolute Gasteiger partial charge is 0.177 e. The summed E-state index contributed by atoms with van der Waals surface area (Å²) in [6, 6.07) is 8.96. The zero-order chi connectivity index (χ0) is 14.3. The molecule has 2 heterocycles. The molecule has 4 nitrogen and oxygen atoms in total. The third kappa shape index (κ3) is 2.56. The van der Waals surface area contributed by atoms with Gasteiger partial charge in [0.1, 0.15) is 0 Å². The number of piperidine rings is 1. The van der Waals surface area contributed by atoms with E-state index in [0.717, 1.165) is 18.5 Å². The molecule has 1 aromatic rings. The van der Waals surface area contributed by atoms with Crippen LogP contribution in [0.15, 0.2) is 29.2 Å². The van der Waals surface area contributed by atoms with Crippen LogP contribution in [0.5, 0.6) is 0 Å². The van der Waals surface area contributed by atoms with Crippen LogP contribution in [0.1, 0.15) is 25.7 Å². The topological polar surface area (TPSA) is 49.4 Å². The fourth-order valence-corrected chi connectivity index (χ4v) is 4.52. The van der Waals surface area contributed by atoms with Crippen LogP contribution in [0.25, 0.3) is 0 Å². The maximum absolute atomic E-state index is 11.9. The van der Waals surface area contributed by atoms with Crippen molar-refractivity contribution >= 4 is 15.5 Å². The molecule has 0 spiro atoms. The van der Waals surface area contributed by atoms with E-state index in [1.54, 1.807) is 12.1 Å². The molecule has 0 radical (unpaired) electrons. The first-order valence-electron chi connectivity index (χ1n) is 7.23. The first kappa shape index (κ1) is 13.9. The summed E-state index contributed by atoms with van der Waals surface area (Å²) < 4.78 is 23.9. The van der Waals surface area contributed by atoms with E-state index in [1.807, 2.05) is 19.2 Å². The van der Waals surface area contributed by atoms with Crippen molar-refractivity contribution in [2.75, 3.05) is 18.2 Å². The summed E-state index contributed by atoms with van der Waals surface area (Å²) in [5.41, 5.74) is 0.835. The van der Waals surface area contributed by atoms with Crippen molar-refractivity contribution < 1.29 is 8.42 Å². The predicted molar refractivity (Wildman–Crippen MR) is 80.9 cm³/mol. The minimum Gasteiger partial charge on any atom is -0.370 e. The van der Waals surface area contributed by atoms with Crippen molar-refractivity contribution in [2.45, 2.75) is 48.7 Å². The van der Waals surface area contributed by atoms with Gasteiger partial charge in [0.25, 0.3) is 0 Å². The molecule has 3 rings (SSSR count). The minimum atomic E-state index is -3.19. The molecule has 2 saturated heterocycles. The highest BCUT2D eigenvalue weighted by Gasteiger charge is 2.35. The van der Waals surface area contributed by atoms with Crippen molar-refractivity contribution in [3.05, 3.63) is 24.3 Å². The fourth-order valence-electron chi connectivity index (χ4n) is 3.60. The Hall–Kier alpha value is -1.07. The molecule has 2 bridgehead atoms. The molecule has 0 saturated carbocycles. The third-order valence-corrected chi connectivity index (χ3v) is 5.78. The Morgan fingerprint density at radius 1 is 1.15 bits per heavy atom. The molecule has 0 aliphatic carbocycles. The number of nitrogens with one attached hydrogen (secondary N) is 1. The molecule has 2 atom stereocenters. The molecule has 2 aliphatic rings. The Bertz CT molecular complexity index is 588. The van der Waals surface area contributed by atoms with Gasteiger partial charge in [0, 0.05) is 31.4 Å². The van der Waals surface area contributed by atoms with Crippen molar-refractivity contribution in [3.8, 4) is 0 Å². The SMILES string of the molecule is CN(c1ccccc1S(C)(=O)=O)C1CC2CCC(C1)N2. The van der Waals surface area contributed by atoms with Crippen LogP contribution in [0.3, 0.4) is 0 Å². The van der Waals surface area contributed by atoms with Crippen molar-refractivity contribution in [3.63, 3.8) is 0 Å². The molecular weight excluding hydrogens is 272 g/mol. The van der Waals surface area contributed by atoms with Crippen LogP contribution >= 0.6 is 0 Å². The molecule has 20 heavy (non-hydrogen) atoms. The van der Waals surface area contributed by atoms with Crippen molar-refractivity contribution in [1.82, 2.24) is 5.32 Å². The number of hydrogen-bond donors (Lipinski definition) is 1. The zero-order valence-electron chi connectivity index (χ0n) is 12.0. The lowest BCUT2D eigenvalue weighted by Gasteiger charge is -2.37. The monoisotopic (exact) mass is 294 g/mol. The maximum atomic E-state index is 11.9. The molecular formula is C15H22N2O2S. The highest BCUT2D eigenvalue weighted by atomic mass is 32.2. The predicted octanol–water partition coefficient (Wildman–Crippen LogP) is 1.81. The lowest BCUT2D eigenvalue weighted by molar-refractivity contribution is 0.354. The van der Waals surface area contributed by atoms with Gasteiger partial charge in [0.2, 0.25) is 0 Å². The summed E-state index contributed by atoms with van der Waals surface area (Å²) >= 11 is 0. The third-order valence-electron chi connectivity index (χ3n) is 4.64. The summed E-state index contributed by atoms with van der Waals surface area (Å²) in [5, 5.41) is 3.63. The van der Waals surface area contributed by atoms with Gasteiger partial charge in [0.05, 0.1) is 10.6 Å². The number of benzene rings is 1. The first-order chi connectivity index (χ1) is 9.45. The zero-order valence-corrected chi connectivity index (χ0v) is 12.9. The van der Waals surface area contributed by atoms with Gasteiger partial charge in [-0.2, -0.15) is 0 Å². The van der Waals surface area contributed by atoms with Gasteiger partial charge in [-0.05, 0) is 37.8 Å². The quantitative estimate of drug-likeness (QED) is 0.923. The van der Waals surface area contributed by atoms with E-state index in [1.165, 1.54) is 19.1 Å². The average Bonchev–Trinajstić information content (AvgIpc) is 2.75. The molecule has 5 heteroatoms. The Labute approximate surface area is 121 Å². The number of hydrogen-bond acceptors (Lipinski definition) is 4. The van der Waals surface area contributed by atoms with Crippen LogP contribution in [-0.4, -0.2) is 39.8 Å². The van der Waals surface area contributed by atoms with Crippen LogP contribution in [0, 0.1) is 0 Å². The van der Waals surface area contributed by atoms with Gasteiger partial charge in [-0.1, -0.05) is 12.1 Å². The van der Waals surface area contributed by atoms with E-state index in [4.69, 9.17) is 0 Å². The van der Waals surface area contributed by atoms with E-state index < -0.39 is 9.84 Å². The molecule has 2 unspecified atom stereocenters. The van der Waals surface area contributed by atoms with E-state index in [0.29, 0.717) is 23.0 Å². The molecule has 1 N–H and O–H groups in total. The molecule has 0 aromatic heterocycles. The summed E-state index contributed by atoms with van der Waals surface area (Å²) in [6.45, 7) is 0. The second-order valence-electron chi connectivity index (χ2n) is 6.11. The fraction of sp³-hybridized carbons (Fsp3) is 0.600. The number of nitrogens with zero attached hydrogens (tertiary/aromatic N) is 1. The highest BCUT2D eigenvalue weighted by molar-refractivity contribution is 7.90. The van der Waals surface area contributed by atoms with E-state index in [2.05, 4.69) is 10.2 Å². The van der Waals surface area contributed by atoms with Gasteiger partial charge < -0.3 is 10.2 Å². The van der Waals surface area contributed by atoms with Gasteiger partial charge >= 0.3 is 0 Å². The van der Waals surface area contributed by atoms with E-state index in [9.17, 15) is 8.42 Å². The second kappa shape index (κ2) is 5.04. The second-order valence-corrected chi connectivity index (χ2v) is 8.10. The lowest BCUT2D eigenvalue weighted by atomic mass is 9.98. The molecule has 2 aliphatic heterocycles.